The Morgan fingerprint density at radius 2 is 2.06 bits per heavy atom. The van der Waals surface area contributed by atoms with Crippen LogP contribution in [0.4, 0.5) is 0 Å². The van der Waals surface area contributed by atoms with E-state index in [4.69, 9.17) is 10.4 Å². The molecule has 0 bridgehead atoms. The second-order valence-electron chi connectivity index (χ2n) is 3.69. The molecule has 0 amide bonds. The van der Waals surface area contributed by atoms with E-state index >= 15 is 0 Å². The summed E-state index contributed by atoms with van der Waals surface area (Å²) in [6.07, 6.45) is 2.13. The molecular weight excluding hydrogens is 200 g/mol. The normalized spacial score (nSPS) is 12.0. The van der Waals surface area contributed by atoms with Crippen LogP contribution in [0.25, 0.3) is 0 Å². The molecule has 0 heterocycles. The summed E-state index contributed by atoms with van der Waals surface area (Å²) in [7, 11) is 0. The Kier molecular flexibility index (Phi) is 6.24. The van der Waals surface area contributed by atoms with Gasteiger partial charge in [0.2, 0.25) is 0 Å². The molecule has 1 unspecified atom stereocenters. The highest BCUT2D eigenvalue weighted by Crippen LogP contribution is 2.15. The number of nitrogens with one attached hydrogen (secondary N) is 1. The third-order valence-corrected chi connectivity index (χ3v) is 2.48. The topological polar surface area (TPSA) is 56.0 Å². The van der Waals surface area contributed by atoms with E-state index in [0.29, 0.717) is 12.8 Å². The van der Waals surface area contributed by atoms with Crippen LogP contribution in [0, 0.1) is 11.3 Å². The molecular formula is C13H18N2O. The fourth-order valence-corrected chi connectivity index (χ4v) is 1.64. The third-order valence-electron chi connectivity index (χ3n) is 2.48. The number of benzene rings is 1. The molecule has 0 aliphatic heterocycles. The van der Waals surface area contributed by atoms with Gasteiger partial charge in [-0.1, -0.05) is 30.3 Å². The van der Waals surface area contributed by atoms with Gasteiger partial charge < -0.3 is 10.4 Å². The van der Waals surface area contributed by atoms with Crippen molar-refractivity contribution in [3.63, 3.8) is 0 Å². The van der Waals surface area contributed by atoms with Crippen LogP contribution >= 0.6 is 0 Å². The van der Waals surface area contributed by atoms with Gasteiger partial charge in [-0.3, -0.25) is 0 Å². The summed E-state index contributed by atoms with van der Waals surface area (Å²) in [5.41, 5.74) is 1.19. The van der Waals surface area contributed by atoms with E-state index in [9.17, 15) is 0 Å². The van der Waals surface area contributed by atoms with Crippen molar-refractivity contribution in [1.29, 1.82) is 5.26 Å². The van der Waals surface area contributed by atoms with Crippen molar-refractivity contribution >= 4 is 0 Å². The van der Waals surface area contributed by atoms with Crippen molar-refractivity contribution in [2.45, 2.75) is 25.3 Å². The Balaban J connectivity index is 2.45. The maximum Gasteiger partial charge on any atom is 0.0622 e. The molecule has 0 aliphatic rings. The fraction of sp³-hybridized carbons (Fsp3) is 0.462. The Morgan fingerprint density at radius 3 is 2.69 bits per heavy atom. The van der Waals surface area contributed by atoms with Gasteiger partial charge in [-0.05, 0) is 24.9 Å². The lowest BCUT2D eigenvalue weighted by Crippen LogP contribution is -2.23. The third kappa shape index (κ3) is 4.43. The van der Waals surface area contributed by atoms with Crippen molar-refractivity contribution < 1.29 is 5.11 Å². The van der Waals surface area contributed by atoms with Crippen LogP contribution in [0.2, 0.25) is 0 Å². The van der Waals surface area contributed by atoms with Crippen LogP contribution in [0.1, 0.15) is 30.9 Å². The van der Waals surface area contributed by atoms with E-state index in [1.807, 2.05) is 18.2 Å². The van der Waals surface area contributed by atoms with Crippen LogP contribution in [0.5, 0.6) is 0 Å². The smallest absolute Gasteiger partial charge is 0.0622 e. The highest BCUT2D eigenvalue weighted by atomic mass is 16.3. The molecule has 3 nitrogen and oxygen atoms in total. The van der Waals surface area contributed by atoms with Gasteiger partial charge in [0, 0.05) is 19.1 Å². The van der Waals surface area contributed by atoms with Crippen LogP contribution in [-0.2, 0) is 0 Å². The molecule has 0 radical (unpaired) electrons. The highest BCUT2D eigenvalue weighted by molar-refractivity contribution is 5.18. The Bertz CT molecular complexity index is 318. The van der Waals surface area contributed by atoms with Crippen molar-refractivity contribution in [3.8, 4) is 6.07 Å². The minimum atomic E-state index is 0.171. The maximum absolute atomic E-state index is 9.01. The first-order valence-electron chi connectivity index (χ1n) is 5.64. The standard InChI is InChI=1S/C13H18N2O/c14-9-4-5-10-15-13(8-11-16)12-6-2-1-3-7-12/h1-3,6-7,13,15-16H,4-5,8,10-11H2. The SMILES string of the molecule is N#CCCCNC(CCO)c1ccccc1. The Labute approximate surface area is 96.7 Å². The minimum absolute atomic E-state index is 0.171. The molecule has 0 aromatic heterocycles. The van der Waals surface area contributed by atoms with Crippen LogP contribution in [-0.4, -0.2) is 18.3 Å². The summed E-state index contributed by atoms with van der Waals surface area (Å²) in [5, 5.41) is 20.8. The monoisotopic (exact) mass is 218 g/mol. The van der Waals surface area contributed by atoms with Crippen LogP contribution < -0.4 is 5.32 Å². The average Bonchev–Trinajstić information content (AvgIpc) is 2.34. The summed E-state index contributed by atoms with van der Waals surface area (Å²) < 4.78 is 0. The first-order chi connectivity index (χ1) is 7.88. The van der Waals surface area contributed by atoms with E-state index < -0.39 is 0 Å². The van der Waals surface area contributed by atoms with E-state index in [2.05, 4.69) is 23.5 Å². The zero-order valence-electron chi connectivity index (χ0n) is 9.39. The minimum Gasteiger partial charge on any atom is -0.396 e. The number of aliphatic hydroxyl groups is 1. The average molecular weight is 218 g/mol. The summed E-state index contributed by atoms with van der Waals surface area (Å²) in [6.45, 7) is 0.984. The van der Waals surface area contributed by atoms with Gasteiger partial charge >= 0.3 is 0 Å². The van der Waals surface area contributed by atoms with E-state index in [1.165, 1.54) is 5.56 Å². The number of nitriles is 1. The molecule has 0 saturated carbocycles. The van der Waals surface area contributed by atoms with Crippen LogP contribution in [0.15, 0.2) is 30.3 Å². The lowest BCUT2D eigenvalue weighted by molar-refractivity contribution is 0.265. The van der Waals surface area contributed by atoms with Gasteiger partial charge in [0.05, 0.1) is 6.07 Å². The number of rotatable bonds is 7. The van der Waals surface area contributed by atoms with Crippen molar-refractivity contribution in [2.24, 2.45) is 0 Å². The molecule has 0 saturated heterocycles. The van der Waals surface area contributed by atoms with Gasteiger partial charge in [-0.2, -0.15) is 5.26 Å². The second-order valence-corrected chi connectivity index (χ2v) is 3.69. The molecule has 3 heteroatoms. The Hall–Kier alpha value is -1.37. The summed E-state index contributed by atoms with van der Waals surface area (Å²) in [5.74, 6) is 0. The fourth-order valence-electron chi connectivity index (χ4n) is 1.64. The first-order valence-corrected chi connectivity index (χ1v) is 5.64. The summed E-state index contributed by atoms with van der Waals surface area (Å²) in [4.78, 5) is 0. The first kappa shape index (κ1) is 12.7. The quantitative estimate of drug-likeness (QED) is 0.688. The lowest BCUT2D eigenvalue weighted by atomic mass is 10.0. The molecule has 1 aromatic rings. The molecule has 1 aromatic carbocycles. The number of aliphatic hydroxyl groups excluding tert-OH is 1. The van der Waals surface area contributed by atoms with E-state index in [0.717, 1.165) is 13.0 Å². The molecule has 0 fully saturated rings. The van der Waals surface area contributed by atoms with Gasteiger partial charge in [0.1, 0.15) is 0 Å². The van der Waals surface area contributed by atoms with E-state index in [-0.39, 0.29) is 12.6 Å². The highest BCUT2D eigenvalue weighted by Gasteiger charge is 2.08. The maximum atomic E-state index is 9.01. The summed E-state index contributed by atoms with van der Waals surface area (Å²) in [6, 6.07) is 12.4. The molecule has 0 spiro atoms. The Morgan fingerprint density at radius 1 is 1.31 bits per heavy atom. The number of hydrogen-bond acceptors (Lipinski definition) is 3. The summed E-state index contributed by atoms with van der Waals surface area (Å²) >= 11 is 0. The van der Waals surface area contributed by atoms with Gasteiger partial charge in [0.15, 0.2) is 0 Å². The van der Waals surface area contributed by atoms with Gasteiger partial charge in [-0.15, -0.1) is 0 Å². The second kappa shape index (κ2) is 7.86. The number of nitrogens with zero attached hydrogens (tertiary/aromatic N) is 1. The predicted octanol–water partition coefficient (Wildman–Crippen LogP) is 2.00. The van der Waals surface area contributed by atoms with Crippen LogP contribution in [0.3, 0.4) is 0 Å². The molecule has 1 atom stereocenters. The van der Waals surface area contributed by atoms with Gasteiger partial charge in [-0.25, -0.2) is 0 Å². The zero-order chi connectivity index (χ0) is 11.6. The lowest BCUT2D eigenvalue weighted by Gasteiger charge is -2.17. The molecule has 0 aliphatic carbocycles. The van der Waals surface area contributed by atoms with Gasteiger partial charge in [0.25, 0.3) is 0 Å². The molecule has 1 rings (SSSR count). The van der Waals surface area contributed by atoms with Crippen molar-refractivity contribution in [1.82, 2.24) is 5.32 Å². The van der Waals surface area contributed by atoms with E-state index in [1.54, 1.807) is 0 Å². The largest absolute Gasteiger partial charge is 0.396 e. The number of unbranched alkanes of at least 4 members (excludes halogenated alkanes) is 1. The predicted molar refractivity (Wildman–Crippen MR) is 63.7 cm³/mol. The molecule has 2 N–H and O–H groups in total. The van der Waals surface area contributed by atoms with Crippen molar-refractivity contribution in [2.75, 3.05) is 13.2 Å². The zero-order valence-corrected chi connectivity index (χ0v) is 9.39. The van der Waals surface area contributed by atoms with Crippen molar-refractivity contribution in [3.05, 3.63) is 35.9 Å². The molecule has 16 heavy (non-hydrogen) atoms. The number of hydrogen-bond donors (Lipinski definition) is 2. The molecule has 86 valence electrons.